The summed E-state index contributed by atoms with van der Waals surface area (Å²) in [5.41, 5.74) is 2.49. The fraction of sp³-hybridized carbons (Fsp3) is 0.0833. The quantitative estimate of drug-likeness (QED) is 0.541. The number of aryl methyl sites for hydroxylation is 1. The Labute approximate surface area is 90.4 Å². The minimum Gasteiger partial charge on any atom is -1.00 e. The summed E-state index contributed by atoms with van der Waals surface area (Å²) < 4.78 is 2.10. The van der Waals surface area contributed by atoms with Crippen molar-refractivity contribution in [3.8, 4) is 5.69 Å². The summed E-state index contributed by atoms with van der Waals surface area (Å²) in [6.45, 7) is 2.10. The largest absolute Gasteiger partial charge is 1.00 e. The lowest BCUT2D eigenvalue weighted by Crippen LogP contribution is -3.00. The molecule has 0 saturated carbocycles. The number of aromatic nitrogens is 1. The Bertz CT molecular complexity index is 381. The maximum absolute atomic E-state index is 2.12. The van der Waals surface area contributed by atoms with Crippen LogP contribution in [0.25, 0.3) is 5.69 Å². The second-order valence-corrected chi connectivity index (χ2v) is 3.12. The van der Waals surface area contributed by atoms with Gasteiger partial charge >= 0.3 is 0 Å². The molecule has 0 bridgehead atoms. The van der Waals surface area contributed by atoms with E-state index in [9.17, 15) is 0 Å². The number of halogens is 1. The Morgan fingerprint density at radius 1 is 0.857 bits per heavy atom. The average Bonchev–Trinajstić information content (AvgIpc) is 2.20. The highest BCUT2D eigenvalue weighted by Gasteiger charge is 2.01. The lowest BCUT2D eigenvalue weighted by atomic mass is 10.2. The Kier molecular flexibility index (Phi) is 3.66. The smallest absolute Gasteiger partial charge is 0.210 e. The zero-order valence-corrected chi connectivity index (χ0v) is 8.78. The van der Waals surface area contributed by atoms with E-state index < -0.39 is 0 Å². The van der Waals surface area contributed by atoms with E-state index in [0.29, 0.717) is 0 Å². The zero-order valence-electron chi connectivity index (χ0n) is 8.02. The Morgan fingerprint density at radius 3 is 2.00 bits per heavy atom. The molecule has 0 fully saturated rings. The number of rotatable bonds is 1. The van der Waals surface area contributed by atoms with Crippen LogP contribution in [0, 0.1) is 6.92 Å². The van der Waals surface area contributed by atoms with Crippen LogP contribution in [0.2, 0.25) is 0 Å². The number of nitrogens with zero attached hydrogens (tertiary/aromatic N) is 1. The van der Waals surface area contributed by atoms with E-state index in [1.807, 2.05) is 30.6 Å². The molecule has 1 aromatic carbocycles. The first-order valence-corrected chi connectivity index (χ1v) is 4.39. The maximum atomic E-state index is 2.12. The summed E-state index contributed by atoms with van der Waals surface area (Å²) in [6.07, 6.45) is 4.09. The first-order chi connectivity index (χ1) is 6.36. The molecule has 1 aromatic heterocycles. The summed E-state index contributed by atoms with van der Waals surface area (Å²) in [7, 11) is 0. The minimum absolute atomic E-state index is 0. The molecule has 0 unspecified atom stereocenters. The van der Waals surface area contributed by atoms with E-state index in [2.05, 4.69) is 35.8 Å². The third-order valence-corrected chi connectivity index (χ3v) is 2.05. The molecule has 0 N–H and O–H groups in total. The van der Waals surface area contributed by atoms with E-state index in [0.717, 1.165) is 0 Å². The van der Waals surface area contributed by atoms with Crippen molar-refractivity contribution in [3.63, 3.8) is 0 Å². The second kappa shape index (κ2) is 4.77. The number of hydrogen-bond acceptors (Lipinski definition) is 0. The molecule has 0 saturated heterocycles. The molecule has 1 nitrogen and oxygen atoms in total. The Balaban J connectivity index is 0.000000980. The van der Waals surface area contributed by atoms with Gasteiger partial charge in [0.15, 0.2) is 12.4 Å². The second-order valence-electron chi connectivity index (χ2n) is 3.12. The number of benzene rings is 1. The van der Waals surface area contributed by atoms with Crippen molar-refractivity contribution in [2.75, 3.05) is 0 Å². The van der Waals surface area contributed by atoms with Crippen LogP contribution >= 0.6 is 0 Å². The van der Waals surface area contributed by atoms with Gasteiger partial charge in [0, 0.05) is 24.3 Å². The molecule has 0 radical (unpaired) electrons. The van der Waals surface area contributed by atoms with Gasteiger partial charge in [-0.25, -0.2) is 0 Å². The van der Waals surface area contributed by atoms with Gasteiger partial charge in [0.2, 0.25) is 5.69 Å². The van der Waals surface area contributed by atoms with Crippen molar-refractivity contribution in [2.45, 2.75) is 6.92 Å². The Morgan fingerprint density at radius 2 is 1.43 bits per heavy atom. The van der Waals surface area contributed by atoms with Crippen LogP contribution < -0.4 is 17.0 Å². The molecule has 0 spiro atoms. The molecule has 2 aromatic rings. The van der Waals surface area contributed by atoms with Gasteiger partial charge in [-0.15, -0.1) is 0 Å². The lowest BCUT2D eigenvalue weighted by Gasteiger charge is -1.94. The van der Waals surface area contributed by atoms with Gasteiger partial charge < -0.3 is 12.4 Å². The van der Waals surface area contributed by atoms with Gasteiger partial charge in [-0.1, -0.05) is 23.8 Å². The molecule has 0 aliphatic carbocycles. The average molecular weight is 206 g/mol. The van der Waals surface area contributed by atoms with E-state index in [-0.39, 0.29) is 12.4 Å². The summed E-state index contributed by atoms with van der Waals surface area (Å²) >= 11 is 0. The fourth-order valence-corrected chi connectivity index (χ4v) is 1.29. The van der Waals surface area contributed by atoms with Gasteiger partial charge in [0.1, 0.15) is 0 Å². The SMILES string of the molecule is Cc1ccc(-[n+]2ccccc2)cc1.[Cl-]. The van der Waals surface area contributed by atoms with Crippen LogP contribution in [0.4, 0.5) is 0 Å². The number of hydrogen-bond donors (Lipinski definition) is 0. The normalized spacial score (nSPS) is 9.21. The molecule has 0 amide bonds. The summed E-state index contributed by atoms with van der Waals surface area (Å²) in [5.74, 6) is 0. The molecule has 1 heterocycles. The first kappa shape index (κ1) is 10.7. The van der Waals surface area contributed by atoms with Crippen LogP contribution in [-0.2, 0) is 0 Å². The van der Waals surface area contributed by atoms with Crippen LogP contribution in [0.15, 0.2) is 54.9 Å². The van der Waals surface area contributed by atoms with Crippen molar-refractivity contribution >= 4 is 0 Å². The highest BCUT2D eigenvalue weighted by molar-refractivity contribution is 5.26. The highest BCUT2D eigenvalue weighted by Crippen LogP contribution is 2.01. The highest BCUT2D eigenvalue weighted by atomic mass is 35.5. The first-order valence-electron chi connectivity index (χ1n) is 4.39. The minimum atomic E-state index is 0. The molecule has 0 aliphatic heterocycles. The molecule has 2 heteroatoms. The van der Waals surface area contributed by atoms with Gasteiger partial charge in [0.25, 0.3) is 0 Å². The third-order valence-electron chi connectivity index (χ3n) is 2.05. The predicted molar refractivity (Wildman–Crippen MR) is 52.7 cm³/mol. The van der Waals surface area contributed by atoms with Crippen LogP contribution in [-0.4, -0.2) is 0 Å². The zero-order chi connectivity index (χ0) is 9.10. The third kappa shape index (κ3) is 2.33. The molecule has 14 heavy (non-hydrogen) atoms. The van der Waals surface area contributed by atoms with Crippen LogP contribution in [0.1, 0.15) is 5.56 Å². The lowest BCUT2D eigenvalue weighted by molar-refractivity contribution is -0.595. The molecular weight excluding hydrogens is 194 g/mol. The summed E-state index contributed by atoms with van der Waals surface area (Å²) in [4.78, 5) is 0. The maximum Gasteiger partial charge on any atom is 0.210 e. The van der Waals surface area contributed by atoms with E-state index in [1.165, 1.54) is 11.3 Å². The van der Waals surface area contributed by atoms with Crippen LogP contribution in [0.5, 0.6) is 0 Å². The van der Waals surface area contributed by atoms with Crippen molar-refractivity contribution in [1.82, 2.24) is 0 Å². The standard InChI is InChI=1S/C12H12N.ClH/c1-11-5-7-12(8-6-11)13-9-3-2-4-10-13;/h2-10H,1H3;1H/q+1;/p-1. The monoisotopic (exact) mass is 205 g/mol. The summed E-state index contributed by atoms with van der Waals surface area (Å²) in [6, 6.07) is 14.6. The molecule has 0 atom stereocenters. The van der Waals surface area contributed by atoms with Crippen molar-refractivity contribution in [1.29, 1.82) is 0 Å². The number of pyridine rings is 1. The topological polar surface area (TPSA) is 3.88 Å². The van der Waals surface area contributed by atoms with Crippen molar-refractivity contribution in [3.05, 3.63) is 60.4 Å². The fourth-order valence-electron chi connectivity index (χ4n) is 1.29. The summed E-state index contributed by atoms with van der Waals surface area (Å²) in [5, 5.41) is 0. The van der Waals surface area contributed by atoms with Gasteiger partial charge in [-0.05, 0) is 6.92 Å². The van der Waals surface area contributed by atoms with Gasteiger partial charge in [-0.2, -0.15) is 4.57 Å². The van der Waals surface area contributed by atoms with Gasteiger partial charge in [0.05, 0.1) is 0 Å². The molecular formula is C12H12ClN. The van der Waals surface area contributed by atoms with E-state index in [1.54, 1.807) is 0 Å². The predicted octanol–water partition coefficient (Wildman–Crippen LogP) is -0.724. The van der Waals surface area contributed by atoms with Crippen molar-refractivity contribution < 1.29 is 17.0 Å². The molecule has 2 rings (SSSR count). The van der Waals surface area contributed by atoms with E-state index in [4.69, 9.17) is 0 Å². The van der Waals surface area contributed by atoms with Gasteiger partial charge in [-0.3, -0.25) is 0 Å². The molecule has 72 valence electrons. The van der Waals surface area contributed by atoms with Crippen LogP contribution in [0.3, 0.4) is 0 Å². The van der Waals surface area contributed by atoms with E-state index >= 15 is 0 Å². The molecule has 0 aliphatic rings. The van der Waals surface area contributed by atoms with Crippen molar-refractivity contribution in [2.24, 2.45) is 0 Å². The Hall–Kier alpha value is -1.34.